The number of unbranched alkanes of at least 4 members (excludes halogenated alkanes) is 10. The van der Waals surface area contributed by atoms with Gasteiger partial charge in [0.2, 0.25) is 0 Å². The smallest absolute Gasteiger partial charge is 0.308 e. The van der Waals surface area contributed by atoms with Gasteiger partial charge in [-0.15, -0.1) is 0 Å². The third kappa shape index (κ3) is 18.3. The van der Waals surface area contributed by atoms with Gasteiger partial charge in [-0.25, -0.2) is 0 Å². The highest BCUT2D eigenvalue weighted by atomic mass is 16.5. The minimum absolute atomic E-state index is 0.00940. The van der Waals surface area contributed by atoms with Gasteiger partial charge < -0.3 is 4.74 Å². The summed E-state index contributed by atoms with van der Waals surface area (Å²) >= 11 is 0. The number of rotatable bonds is 21. The molecule has 0 aliphatic rings. The Balaban J connectivity index is 3.41. The molecular weight excluding hydrogens is 368 g/mol. The lowest BCUT2D eigenvalue weighted by molar-refractivity contribution is -0.148. The predicted octanol–water partition coefficient (Wildman–Crippen LogP) is 9.36. The molecule has 2 nitrogen and oxygen atoms in total. The van der Waals surface area contributed by atoms with E-state index in [-0.39, 0.29) is 11.9 Å². The summed E-state index contributed by atoms with van der Waals surface area (Å²) in [7, 11) is 0. The van der Waals surface area contributed by atoms with Crippen molar-refractivity contribution in [2.45, 2.75) is 144 Å². The Bertz CT molecular complexity index is 379. The van der Waals surface area contributed by atoms with Gasteiger partial charge in [-0.2, -0.15) is 0 Å². The predicted molar refractivity (Wildman–Crippen MR) is 133 cm³/mol. The van der Waals surface area contributed by atoms with E-state index in [4.69, 9.17) is 4.74 Å². The highest BCUT2D eigenvalue weighted by molar-refractivity contribution is 5.71. The van der Waals surface area contributed by atoms with Crippen LogP contribution in [0, 0.1) is 23.7 Å². The van der Waals surface area contributed by atoms with Crippen LogP contribution >= 0.6 is 0 Å². The molecule has 0 amide bonds. The Morgan fingerprint density at radius 1 is 0.600 bits per heavy atom. The van der Waals surface area contributed by atoms with E-state index in [1.165, 1.54) is 89.9 Å². The highest BCUT2D eigenvalue weighted by Gasteiger charge is 2.18. The molecule has 0 aromatic heterocycles. The third-order valence-corrected chi connectivity index (χ3v) is 6.94. The second-order valence-corrected chi connectivity index (χ2v) is 10.3. The van der Waals surface area contributed by atoms with Gasteiger partial charge in [0.05, 0.1) is 12.5 Å². The van der Waals surface area contributed by atoms with Gasteiger partial charge in [0, 0.05) is 0 Å². The molecule has 0 aliphatic heterocycles. The maximum Gasteiger partial charge on any atom is 0.308 e. The fourth-order valence-corrected chi connectivity index (χ4v) is 4.35. The molecule has 30 heavy (non-hydrogen) atoms. The fourth-order valence-electron chi connectivity index (χ4n) is 4.35. The van der Waals surface area contributed by atoms with Crippen LogP contribution in [-0.4, -0.2) is 12.6 Å². The molecule has 180 valence electrons. The second kappa shape index (κ2) is 20.4. The van der Waals surface area contributed by atoms with E-state index in [0.29, 0.717) is 12.5 Å². The molecule has 0 fully saturated rings. The van der Waals surface area contributed by atoms with E-state index in [0.717, 1.165) is 24.7 Å². The molecule has 0 aromatic rings. The van der Waals surface area contributed by atoms with E-state index in [2.05, 4.69) is 34.6 Å². The molecule has 2 heteroatoms. The Kier molecular flexibility index (Phi) is 20.0. The van der Waals surface area contributed by atoms with Crippen molar-refractivity contribution in [1.29, 1.82) is 0 Å². The SMILES string of the molecule is CC[C@@H](C)C[C@@H](C)C[C@@H](C)C(=O)OCCCCCCCCCCCCC[C@@H](C)CC. The molecular formula is C28H56O2. The number of hydrogen-bond acceptors (Lipinski definition) is 2. The number of carbonyl (C=O) groups is 1. The van der Waals surface area contributed by atoms with Gasteiger partial charge in [0.25, 0.3) is 0 Å². The second-order valence-electron chi connectivity index (χ2n) is 10.3. The van der Waals surface area contributed by atoms with Crippen LogP contribution < -0.4 is 0 Å². The zero-order valence-corrected chi connectivity index (χ0v) is 21.6. The van der Waals surface area contributed by atoms with E-state index in [1.807, 2.05) is 6.92 Å². The number of esters is 1. The average molecular weight is 425 g/mol. The summed E-state index contributed by atoms with van der Waals surface area (Å²) in [6, 6.07) is 0. The lowest BCUT2D eigenvalue weighted by atomic mass is 9.88. The van der Waals surface area contributed by atoms with Gasteiger partial charge in [0.15, 0.2) is 0 Å². The molecule has 0 bridgehead atoms. The minimum Gasteiger partial charge on any atom is -0.465 e. The first-order chi connectivity index (χ1) is 14.4. The van der Waals surface area contributed by atoms with Crippen LogP contribution in [0.15, 0.2) is 0 Å². The minimum atomic E-state index is 0.00940. The van der Waals surface area contributed by atoms with Crippen LogP contribution in [-0.2, 0) is 9.53 Å². The quantitative estimate of drug-likeness (QED) is 0.135. The fraction of sp³-hybridized carbons (Fsp3) is 0.964. The summed E-state index contributed by atoms with van der Waals surface area (Å²) in [5.41, 5.74) is 0. The molecule has 0 N–H and O–H groups in total. The van der Waals surface area contributed by atoms with Gasteiger partial charge in [0.1, 0.15) is 0 Å². The van der Waals surface area contributed by atoms with Crippen molar-refractivity contribution in [2.24, 2.45) is 23.7 Å². The lowest BCUT2D eigenvalue weighted by Crippen LogP contribution is -2.18. The molecule has 0 radical (unpaired) electrons. The molecule has 0 saturated carbocycles. The van der Waals surface area contributed by atoms with Crippen molar-refractivity contribution in [2.75, 3.05) is 6.61 Å². The molecule has 0 saturated heterocycles. The van der Waals surface area contributed by atoms with Gasteiger partial charge in [-0.1, -0.05) is 125 Å². The summed E-state index contributed by atoms with van der Waals surface area (Å²) in [6.45, 7) is 14.1. The number of ether oxygens (including phenoxy) is 1. The van der Waals surface area contributed by atoms with Gasteiger partial charge >= 0.3 is 5.97 Å². The van der Waals surface area contributed by atoms with Crippen LogP contribution in [0.3, 0.4) is 0 Å². The number of hydrogen-bond donors (Lipinski definition) is 0. The normalized spacial score (nSPS) is 15.5. The Hall–Kier alpha value is -0.530. The summed E-state index contributed by atoms with van der Waals surface area (Å²) < 4.78 is 5.51. The van der Waals surface area contributed by atoms with Crippen LogP contribution in [0.25, 0.3) is 0 Å². The standard InChI is InChI=1S/C28H56O2/c1-7-24(3)20-18-16-14-12-10-9-11-13-15-17-19-21-30-28(29)27(6)23-26(5)22-25(4)8-2/h24-27H,7-23H2,1-6H3/t24-,25+,26+,27+/m0/s1. The van der Waals surface area contributed by atoms with Crippen molar-refractivity contribution in [3.05, 3.63) is 0 Å². The molecule has 0 aromatic carbocycles. The van der Waals surface area contributed by atoms with Gasteiger partial charge in [-0.3, -0.25) is 4.79 Å². The Morgan fingerprint density at radius 2 is 1.07 bits per heavy atom. The van der Waals surface area contributed by atoms with E-state index in [1.54, 1.807) is 0 Å². The van der Waals surface area contributed by atoms with Crippen LogP contribution in [0.4, 0.5) is 0 Å². The maximum atomic E-state index is 12.2. The first-order valence-corrected chi connectivity index (χ1v) is 13.6. The number of carbonyl (C=O) groups excluding carboxylic acids is 1. The topological polar surface area (TPSA) is 26.3 Å². The monoisotopic (exact) mass is 424 g/mol. The van der Waals surface area contributed by atoms with Crippen LogP contribution in [0.1, 0.15) is 144 Å². The molecule has 0 unspecified atom stereocenters. The summed E-state index contributed by atoms with van der Waals surface area (Å²) in [4.78, 5) is 12.2. The van der Waals surface area contributed by atoms with Crippen LogP contribution in [0.5, 0.6) is 0 Å². The first kappa shape index (κ1) is 29.5. The average Bonchev–Trinajstić information content (AvgIpc) is 2.73. The van der Waals surface area contributed by atoms with E-state index < -0.39 is 0 Å². The van der Waals surface area contributed by atoms with Crippen molar-refractivity contribution in [3.63, 3.8) is 0 Å². The Labute approximate surface area is 190 Å². The molecule has 0 aliphatic carbocycles. The summed E-state index contributed by atoms with van der Waals surface area (Å²) in [5.74, 6) is 2.32. The van der Waals surface area contributed by atoms with Crippen molar-refractivity contribution in [3.8, 4) is 0 Å². The molecule has 0 spiro atoms. The summed E-state index contributed by atoms with van der Waals surface area (Å²) in [6.07, 6.45) is 20.9. The molecule has 0 rings (SSSR count). The largest absolute Gasteiger partial charge is 0.465 e. The van der Waals surface area contributed by atoms with E-state index >= 15 is 0 Å². The summed E-state index contributed by atoms with van der Waals surface area (Å²) in [5, 5.41) is 0. The first-order valence-electron chi connectivity index (χ1n) is 13.6. The van der Waals surface area contributed by atoms with Crippen molar-refractivity contribution < 1.29 is 9.53 Å². The third-order valence-electron chi connectivity index (χ3n) is 6.94. The lowest BCUT2D eigenvalue weighted by Gasteiger charge is -2.19. The maximum absolute atomic E-state index is 12.2. The highest BCUT2D eigenvalue weighted by Crippen LogP contribution is 2.22. The molecule has 4 atom stereocenters. The molecule has 0 heterocycles. The van der Waals surface area contributed by atoms with E-state index in [9.17, 15) is 4.79 Å². The van der Waals surface area contributed by atoms with Gasteiger partial charge in [-0.05, 0) is 37.0 Å². The van der Waals surface area contributed by atoms with Crippen molar-refractivity contribution >= 4 is 5.97 Å². The van der Waals surface area contributed by atoms with Crippen LogP contribution in [0.2, 0.25) is 0 Å². The Morgan fingerprint density at radius 3 is 1.57 bits per heavy atom. The zero-order valence-electron chi connectivity index (χ0n) is 21.6. The zero-order chi connectivity index (χ0) is 22.6. The van der Waals surface area contributed by atoms with Crippen molar-refractivity contribution in [1.82, 2.24) is 0 Å².